The average molecular weight is 376 g/mol. The van der Waals surface area contributed by atoms with Crippen LogP contribution < -0.4 is 4.74 Å². The Labute approximate surface area is 154 Å². The monoisotopic (exact) mass is 376 g/mol. The van der Waals surface area contributed by atoms with Crippen LogP contribution in [0.2, 0.25) is 0 Å². The zero-order valence-corrected chi connectivity index (χ0v) is 14.2. The summed E-state index contributed by atoms with van der Waals surface area (Å²) in [7, 11) is 0. The van der Waals surface area contributed by atoms with E-state index in [1.165, 1.54) is 12.1 Å². The first-order valence-electron chi connectivity index (χ1n) is 8.31. The minimum absolute atomic E-state index is 0.174. The van der Waals surface area contributed by atoms with Gasteiger partial charge in [-0.05, 0) is 35.4 Å². The summed E-state index contributed by atoms with van der Waals surface area (Å²) in [5.41, 5.74) is 1.68. The van der Waals surface area contributed by atoms with Gasteiger partial charge < -0.3 is 35.0 Å². The maximum atomic E-state index is 10.9. The molecule has 0 spiro atoms. The van der Waals surface area contributed by atoms with E-state index in [1.54, 1.807) is 36.4 Å². The standard InChI is InChI=1S/C19H20O8/c20-9-14-15(21)16(22)17(23)19(27-14)26-13-3-1-2-12(8-13)10-4-6-11(7-5-10)18(24)25/h1-8,14-17,19-23H,9H2,(H,24,25)/t14?,15-,16?,17?,19+/m1/s1. The molecule has 0 amide bonds. The highest BCUT2D eigenvalue weighted by Crippen LogP contribution is 2.28. The van der Waals surface area contributed by atoms with Crippen molar-refractivity contribution < 1.29 is 39.8 Å². The van der Waals surface area contributed by atoms with E-state index in [0.717, 1.165) is 11.1 Å². The Bertz CT molecular complexity index is 789. The predicted molar refractivity (Wildman–Crippen MR) is 93.2 cm³/mol. The van der Waals surface area contributed by atoms with Gasteiger partial charge in [-0.1, -0.05) is 24.3 Å². The molecule has 0 saturated carbocycles. The van der Waals surface area contributed by atoms with E-state index in [0.29, 0.717) is 5.75 Å². The van der Waals surface area contributed by atoms with E-state index in [1.807, 2.05) is 0 Å². The van der Waals surface area contributed by atoms with Crippen LogP contribution in [-0.4, -0.2) is 68.8 Å². The number of aliphatic hydroxyl groups excluding tert-OH is 4. The summed E-state index contributed by atoms with van der Waals surface area (Å²) in [5, 5.41) is 47.9. The second kappa shape index (κ2) is 8.03. The van der Waals surface area contributed by atoms with Crippen LogP contribution in [0.3, 0.4) is 0 Å². The second-order valence-corrected chi connectivity index (χ2v) is 6.23. The van der Waals surface area contributed by atoms with Crippen LogP contribution >= 0.6 is 0 Å². The number of aromatic carboxylic acids is 1. The highest BCUT2D eigenvalue weighted by Gasteiger charge is 2.44. The Hall–Kier alpha value is -2.49. The molecule has 1 saturated heterocycles. The van der Waals surface area contributed by atoms with Crippen LogP contribution in [0.1, 0.15) is 10.4 Å². The lowest BCUT2D eigenvalue weighted by Crippen LogP contribution is -2.60. The van der Waals surface area contributed by atoms with E-state index in [2.05, 4.69) is 0 Å². The summed E-state index contributed by atoms with van der Waals surface area (Å²) in [6, 6.07) is 13.1. The topological polar surface area (TPSA) is 137 Å². The fraction of sp³-hybridized carbons (Fsp3) is 0.316. The minimum atomic E-state index is -1.52. The summed E-state index contributed by atoms with van der Waals surface area (Å²) in [5.74, 6) is -0.680. The molecular weight excluding hydrogens is 356 g/mol. The molecule has 5 atom stereocenters. The van der Waals surface area contributed by atoms with E-state index < -0.39 is 43.3 Å². The first-order valence-corrected chi connectivity index (χ1v) is 8.31. The molecule has 1 aliphatic heterocycles. The van der Waals surface area contributed by atoms with Gasteiger partial charge in [-0.2, -0.15) is 0 Å². The van der Waals surface area contributed by atoms with Crippen molar-refractivity contribution in [1.29, 1.82) is 0 Å². The first kappa shape index (κ1) is 19.3. The SMILES string of the molecule is O=C(O)c1ccc(-c2cccc(O[C@H]3OC(CO)[C@@H](O)C(O)C3O)c2)cc1. The Morgan fingerprint density at radius 2 is 1.67 bits per heavy atom. The normalized spacial score (nSPS) is 27.9. The Kier molecular flexibility index (Phi) is 5.73. The molecular formula is C19H20O8. The number of rotatable bonds is 5. The average Bonchev–Trinajstić information content (AvgIpc) is 2.68. The largest absolute Gasteiger partial charge is 0.478 e. The molecule has 0 radical (unpaired) electrons. The number of hydrogen-bond donors (Lipinski definition) is 5. The third-order valence-electron chi connectivity index (χ3n) is 4.40. The summed E-state index contributed by atoms with van der Waals surface area (Å²) in [6.45, 7) is -0.541. The molecule has 8 heteroatoms. The summed E-state index contributed by atoms with van der Waals surface area (Å²) >= 11 is 0. The maximum absolute atomic E-state index is 10.9. The number of carbonyl (C=O) groups is 1. The van der Waals surface area contributed by atoms with Crippen molar-refractivity contribution in [3.63, 3.8) is 0 Å². The van der Waals surface area contributed by atoms with Gasteiger partial charge in [-0.25, -0.2) is 4.79 Å². The van der Waals surface area contributed by atoms with Crippen molar-refractivity contribution in [2.45, 2.75) is 30.7 Å². The van der Waals surface area contributed by atoms with Crippen molar-refractivity contribution in [2.24, 2.45) is 0 Å². The van der Waals surface area contributed by atoms with Crippen LogP contribution in [0.25, 0.3) is 11.1 Å². The number of hydrogen-bond acceptors (Lipinski definition) is 7. The summed E-state index contributed by atoms with van der Waals surface area (Å²) in [4.78, 5) is 10.9. The minimum Gasteiger partial charge on any atom is -0.478 e. The van der Waals surface area contributed by atoms with Gasteiger partial charge in [-0.15, -0.1) is 0 Å². The van der Waals surface area contributed by atoms with E-state index in [9.17, 15) is 25.2 Å². The third kappa shape index (κ3) is 4.10. The van der Waals surface area contributed by atoms with Crippen LogP contribution in [0, 0.1) is 0 Å². The van der Waals surface area contributed by atoms with Gasteiger partial charge in [0, 0.05) is 0 Å². The van der Waals surface area contributed by atoms with E-state index in [-0.39, 0.29) is 5.56 Å². The third-order valence-corrected chi connectivity index (χ3v) is 4.40. The van der Waals surface area contributed by atoms with Crippen molar-refractivity contribution in [3.05, 3.63) is 54.1 Å². The molecule has 144 valence electrons. The van der Waals surface area contributed by atoms with Gasteiger partial charge in [0.2, 0.25) is 6.29 Å². The Balaban J connectivity index is 1.78. The number of aliphatic hydroxyl groups is 4. The molecule has 1 heterocycles. The van der Waals surface area contributed by atoms with Gasteiger partial charge in [0.25, 0.3) is 0 Å². The zero-order chi connectivity index (χ0) is 19.6. The highest BCUT2D eigenvalue weighted by molar-refractivity contribution is 5.88. The molecule has 5 N–H and O–H groups in total. The molecule has 27 heavy (non-hydrogen) atoms. The highest BCUT2D eigenvalue weighted by atomic mass is 16.7. The molecule has 3 unspecified atom stereocenters. The van der Waals surface area contributed by atoms with Crippen LogP contribution in [0.5, 0.6) is 5.75 Å². The van der Waals surface area contributed by atoms with Crippen LogP contribution in [-0.2, 0) is 4.74 Å². The van der Waals surface area contributed by atoms with Crippen molar-refractivity contribution in [2.75, 3.05) is 6.61 Å². The van der Waals surface area contributed by atoms with E-state index in [4.69, 9.17) is 14.6 Å². The summed E-state index contributed by atoms with van der Waals surface area (Å²) in [6.07, 6.45) is -6.80. The number of carboxylic acid groups (broad SMARTS) is 1. The fourth-order valence-electron chi connectivity index (χ4n) is 2.85. The van der Waals surface area contributed by atoms with Gasteiger partial charge in [0.05, 0.1) is 12.2 Å². The maximum Gasteiger partial charge on any atom is 0.335 e. The molecule has 3 rings (SSSR count). The lowest BCUT2D eigenvalue weighted by atomic mass is 9.99. The molecule has 0 aromatic heterocycles. The number of carboxylic acids is 1. The first-order chi connectivity index (χ1) is 12.9. The summed E-state index contributed by atoms with van der Waals surface area (Å²) < 4.78 is 10.9. The lowest BCUT2D eigenvalue weighted by Gasteiger charge is -2.39. The molecule has 0 bridgehead atoms. The lowest BCUT2D eigenvalue weighted by molar-refractivity contribution is -0.277. The number of benzene rings is 2. The van der Waals surface area contributed by atoms with Gasteiger partial charge in [0.1, 0.15) is 30.2 Å². The molecule has 8 nitrogen and oxygen atoms in total. The number of ether oxygens (including phenoxy) is 2. The van der Waals surface area contributed by atoms with Gasteiger partial charge in [0.15, 0.2) is 0 Å². The molecule has 2 aromatic carbocycles. The van der Waals surface area contributed by atoms with Gasteiger partial charge in [-0.3, -0.25) is 0 Å². The Morgan fingerprint density at radius 3 is 2.30 bits per heavy atom. The van der Waals surface area contributed by atoms with E-state index >= 15 is 0 Å². The smallest absolute Gasteiger partial charge is 0.335 e. The molecule has 1 aliphatic rings. The van der Waals surface area contributed by atoms with Crippen LogP contribution in [0.15, 0.2) is 48.5 Å². The van der Waals surface area contributed by atoms with Crippen LogP contribution in [0.4, 0.5) is 0 Å². The predicted octanol–water partition coefficient (Wildman–Crippen LogP) is 0.230. The molecule has 0 aliphatic carbocycles. The second-order valence-electron chi connectivity index (χ2n) is 6.23. The quantitative estimate of drug-likeness (QED) is 0.500. The fourth-order valence-corrected chi connectivity index (χ4v) is 2.85. The Morgan fingerprint density at radius 1 is 0.963 bits per heavy atom. The molecule has 1 fully saturated rings. The van der Waals surface area contributed by atoms with Gasteiger partial charge >= 0.3 is 5.97 Å². The van der Waals surface area contributed by atoms with Crippen molar-refractivity contribution >= 4 is 5.97 Å². The zero-order valence-electron chi connectivity index (χ0n) is 14.2. The van der Waals surface area contributed by atoms with Crippen molar-refractivity contribution in [1.82, 2.24) is 0 Å². The molecule has 2 aromatic rings. The van der Waals surface area contributed by atoms with Crippen molar-refractivity contribution in [3.8, 4) is 16.9 Å².